The van der Waals surface area contributed by atoms with Crippen LogP contribution in [-0.2, 0) is 9.59 Å². The van der Waals surface area contributed by atoms with Crippen molar-refractivity contribution < 1.29 is 29.3 Å². The van der Waals surface area contributed by atoms with Crippen LogP contribution in [0.1, 0.15) is 13.8 Å². The molecule has 0 saturated carbocycles. The van der Waals surface area contributed by atoms with E-state index in [1.165, 1.54) is 0 Å². The van der Waals surface area contributed by atoms with Crippen molar-refractivity contribution >= 4 is 41.2 Å². The van der Waals surface area contributed by atoms with Gasteiger partial charge >= 0.3 is 18.0 Å². The predicted octanol–water partition coefficient (Wildman–Crippen LogP) is 3.07. The van der Waals surface area contributed by atoms with Crippen LogP contribution < -0.4 is 10.1 Å². The van der Waals surface area contributed by atoms with Gasteiger partial charge in [-0.3, -0.25) is 0 Å². The number of rotatable bonds is 10. The number of benzene rings is 1. The largest absolute Gasteiger partial charge is 0.492 e. The number of carboxylic acid groups (broad SMARTS) is 2. The summed E-state index contributed by atoms with van der Waals surface area (Å²) in [5.41, 5.74) is 0. The van der Waals surface area contributed by atoms with E-state index < -0.39 is 11.9 Å². The molecule has 1 aromatic rings. The Balaban J connectivity index is 0.000000954. The molecule has 1 rings (SSSR count). The molecule has 2 amide bonds. The van der Waals surface area contributed by atoms with E-state index in [2.05, 4.69) is 5.32 Å². The van der Waals surface area contributed by atoms with Gasteiger partial charge in [-0.15, -0.1) is 0 Å². The van der Waals surface area contributed by atoms with Gasteiger partial charge in [-0.2, -0.15) is 0 Å². The van der Waals surface area contributed by atoms with Crippen LogP contribution >= 0.6 is 23.2 Å². The highest BCUT2D eigenvalue weighted by molar-refractivity contribution is 6.34. The first kappa shape index (κ1) is 28.5. The van der Waals surface area contributed by atoms with Crippen molar-refractivity contribution in [1.82, 2.24) is 15.1 Å². The van der Waals surface area contributed by atoms with Gasteiger partial charge in [-0.05, 0) is 39.1 Å². The van der Waals surface area contributed by atoms with Crippen LogP contribution in [0.2, 0.25) is 10.0 Å². The molecule has 3 N–H and O–H groups in total. The van der Waals surface area contributed by atoms with Gasteiger partial charge in [0.1, 0.15) is 12.4 Å². The molecule has 1 aromatic carbocycles. The van der Waals surface area contributed by atoms with Crippen molar-refractivity contribution in [2.24, 2.45) is 0 Å². The summed E-state index contributed by atoms with van der Waals surface area (Å²) in [5.74, 6) is -1.91. The summed E-state index contributed by atoms with van der Waals surface area (Å²) in [4.78, 5) is 35.1. The molecule has 0 spiro atoms. The zero-order valence-corrected chi connectivity index (χ0v) is 19.5. The molecule has 0 unspecified atom stereocenters. The molecular weight excluding hydrogens is 449 g/mol. The van der Waals surface area contributed by atoms with Gasteiger partial charge in [0.2, 0.25) is 0 Å². The Morgan fingerprint density at radius 2 is 1.58 bits per heavy atom. The number of carbonyl (C=O) groups excluding carboxylic acids is 1. The Morgan fingerprint density at radius 3 is 2.00 bits per heavy atom. The van der Waals surface area contributed by atoms with Crippen molar-refractivity contribution in [3.05, 3.63) is 40.4 Å². The smallest absolute Gasteiger partial charge is 0.328 e. The minimum atomic E-state index is -1.26. The lowest BCUT2D eigenvalue weighted by Gasteiger charge is -2.31. The first-order valence-corrected chi connectivity index (χ1v) is 10.1. The summed E-state index contributed by atoms with van der Waals surface area (Å²) < 4.78 is 5.67. The maximum atomic E-state index is 12.5. The second-order valence-electron chi connectivity index (χ2n) is 6.56. The first-order chi connectivity index (χ1) is 14.5. The van der Waals surface area contributed by atoms with E-state index in [-0.39, 0.29) is 12.1 Å². The standard InChI is InChI=1S/C16H25Cl2N3O2.C4H4O4/c1-12(2)21(16(22)20(4)6-5-19-3)7-8-23-15-10-13(17)9-14(18)11-15;5-3(6)1-2-4(7)8/h9-12,19H,5-8H2,1-4H3;1-2H,(H,5,6)(H,7,8)/b;2-1-. The molecule has 0 fully saturated rings. The van der Waals surface area contributed by atoms with Crippen LogP contribution in [0.5, 0.6) is 5.75 Å². The van der Waals surface area contributed by atoms with E-state index in [0.29, 0.717) is 47.6 Å². The van der Waals surface area contributed by atoms with Gasteiger partial charge in [0.25, 0.3) is 0 Å². The number of carbonyl (C=O) groups is 3. The summed E-state index contributed by atoms with van der Waals surface area (Å²) >= 11 is 11.9. The lowest BCUT2D eigenvalue weighted by molar-refractivity contribution is -0.134. The summed E-state index contributed by atoms with van der Waals surface area (Å²) in [6, 6.07) is 5.13. The summed E-state index contributed by atoms with van der Waals surface area (Å²) in [6.07, 6.45) is 1.12. The molecule has 0 radical (unpaired) electrons. The topological polar surface area (TPSA) is 119 Å². The molecule has 0 aliphatic heterocycles. The third kappa shape index (κ3) is 13.4. The fraction of sp³-hybridized carbons (Fsp3) is 0.450. The Labute approximate surface area is 192 Å². The van der Waals surface area contributed by atoms with Gasteiger partial charge < -0.3 is 30.1 Å². The number of nitrogens with one attached hydrogen (secondary N) is 1. The normalized spacial score (nSPS) is 10.4. The molecule has 9 nitrogen and oxygen atoms in total. The summed E-state index contributed by atoms with van der Waals surface area (Å²) in [5, 5.41) is 19.7. The molecule has 0 heterocycles. The fourth-order valence-electron chi connectivity index (χ4n) is 2.19. The number of nitrogens with zero attached hydrogens (tertiary/aromatic N) is 2. The Bertz CT molecular complexity index is 722. The average molecular weight is 478 g/mol. The van der Waals surface area contributed by atoms with Crippen molar-refractivity contribution in [2.45, 2.75) is 19.9 Å². The molecule has 31 heavy (non-hydrogen) atoms. The maximum Gasteiger partial charge on any atom is 0.328 e. The van der Waals surface area contributed by atoms with E-state index in [9.17, 15) is 14.4 Å². The first-order valence-electron chi connectivity index (χ1n) is 9.37. The molecule has 0 bridgehead atoms. The number of likely N-dealkylation sites (N-methyl/N-ethyl adjacent to an activating group) is 2. The summed E-state index contributed by atoms with van der Waals surface area (Å²) in [7, 11) is 3.66. The van der Waals surface area contributed by atoms with Crippen LogP contribution in [0.4, 0.5) is 4.79 Å². The Morgan fingerprint density at radius 1 is 1.06 bits per heavy atom. The molecule has 11 heteroatoms. The van der Waals surface area contributed by atoms with E-state index >= 15 is 0 Å². The molecule has 0 aliphatic rings. The molecule has 0 aliphatic carbocycles. The van der Waals surface area contributed by atoms with Gasteiger partial charge in [0, 0.05) is 48.4 Å². The number of aliphatic carboxylic acids is 2. The maximum absolute atomic E-state index is 12.5. The number of hydrogen-bond acceptors (Lipinski definition) is 5. The van der Waals surface area contributed by atoms with Crippen LogP contribution in [-0.4, -0.2) is 84.4 Å². The van der Waals surface area contributed by atoms with Gasteiger partial charge in [-0.1, -0.05) is 23.2 Å². The lowest BCUT2D eigenvalue weighted by Crippen LogP contribution is -2.47. The molecule has 0 atom stereocenters. The zero-order valence-electron chi connectivity index (χ0n) is 18.0. The highest BCUT2D eigenvalue weighted by Crippen LogP contribution is 2.24. The number of carboxylic acids is 2. The van der Waals surface area contributed by atoms with Crippen LogP contribution in [0.3, 0.4) is 0 Å². The number of ether oxygens (including phenoxy) is 1. The van der Waals surface area contributed by atoms with E-state index in [0.717, 1.165) is 6.54 Å². The van der Waals surface area contributed by atoms with E-state index in [1.54, 1.807) is 35.0 Å². The summed E-state index contributed by atoms with van der Waals surface area (Å²) in [6.45, 7) is 6.25. The third-order valence-electron chi connectivity index (χ3n) is 3.70. The monoisotopic (exact) mass is 477 g/mol. The second-order valence-corrected chi connectivity index (χ2v) is 7.43. The number of amides is 2. The van der Waals surface area contributed by atoms with Crippen molar-refractivity contribution in [3.63, 3.8) is 0 Å². The van der Waals surface area contributed by atoms with Crippen LogP contribution in [0.25, 0.3) is 0 Å². The Kier molecular flexibility index (Phi) is 14.1. The quantitative estimate of drug-likeness (QED) is 0.442. The molecular formula is C20H29Cl2N3O6. The average Bonchev–Trinajstić information content (AvgIpc) is 2.66. The fourth-order valence-corrected chi connectivity index (χ4v) is 2.69. The molecule has 0 saturated heterocycles. The van der Waals surface area contributed by atoms with Crippen LogP contribution in [0.15, 0.2) is 30.4 Å². The van der Waals surface area contributed by atoms with E-state index in [4.69, 9.17) is 38.2 Å². The number of hydrogen-bond donors (Lipinski definition) is 3. The van der Waals surface area contributed by atoms with Gasteiger partial charge in [-0.25, -0.2) is 14.4 Å². The highest BCUT2D eigenvalue weighted by atomic mass is 35.5. The molecule has 174 valence electrons. The number of halogens is 2. The van der Waals surface area contributed by atoms with Crippen molar-refractivity contribution in [3.8, 4) is 5.75 Å². The van der Waals surface area contributed by atoms with Gasteiger partial charge in [0.05, 0.1) is 6.54 Å². The van der Waals surface area contributed by atoms with Crippen LogP contribution in [0, 0.1) is 0 Å². The highest BCUT2D eigenvalue weighted by Gasteiger charge is 2.20. The minimum Gasteiger partial charge on any atom is -0.492 e. The van der Waals surface area contributed by atoms with Crippen molar-refractivity contribution in [1.29, 1.82) is 0 Å². The third-order valence-corrected chi connectivity index (χ3v) is 4.13. The van der Waals surface area contributed by atoms with Gasteiger partial charge in [0.15, 0.2) is 0 Å². The van der Waals surface area contributed by atoms with E-state index in [1.807, 2.05) is 20.9 Å². The lowest BCUT2D eigenvalue weighted by atomic mass is 10.3. The molecule has 0 aromatic heterocycles. The SMILES string of the molecule is CNCCN(C)C(=O)N(CCOc1cc(Cl)cc(Cl)c1)C(C)C.O=C(O)/C=C\C(=O)O. The Hall–Kier alpha value is -2.49. The predicted molar refractivity (Wildman–Crippen MR) is 120 cm³/mol. The van der Waals surface area contributed by atoms with Crippen molar-refractivity contribution in [2.75, 3.05) is 40.3 Å². The minimum absolute atomic E-state index is 0.0111. The second kappa shape index (κ2) is 15.3. The number of urea groups is 1. The zero-order chi connectivity index (χ0) is 24.0.